The molecule has 0 atom stereocenters. The van der Waals surface area contributed by atoms with Crippen LogP contribution in [0.25, 0.3) is 0 Å². The molecule has 2 rings (SSSR count). The molecule has 0 saturated heterocycles. The van der Waals surface area contributed by atoms with E-state index in [0.717, 1.165) is 10.0 Å². The molecule has 8 heteroatoms. The molecule has 0 spiro atoms. The summed E-state index contributed by atoms with van der Waals surface area (Å²) in [5.41, 5.74) is 6.27. The van der Waals surface area contributed by atoms with Crippen LogP contribution >= 0.6 is 15.9 Å². The minimum atomic E-state index is -3.57. The van der Waals surface area contributed by atoms with Crippen LogP contribution in [0.4, 0.5) is 0 Å². The van der Waals surface area contributed by atoms with Gasteiger partial charge in [-0.1, -0.05) is 34.1 Å². The molecular weight excluding hydrogens is 344 g/mol. The number of hydrogen-bond donors (Lipinski definition) is 2. The van der Waals surface area contributed by atoms with Gasteiger partial charge in [-0.3, -0.25) is 4.68 Å². The number of halogens is 1. The molecule has 1 aromatic heterocycles. The molecule has 0 radical (unpaired) electrons. The first-order valence-electron chi connectivity index (χ1n) is 5.98. The van der Waals surface area contributed by atoms with Crippen molar-refractivity contribution >= 4 is 26.0 Å². The minimum absolute atomic E-state index is 0.137. The summed E-state index contributed by atoms with van der Waals surface area (Å²) in [7, 11) is -3.57. The van der Waals surface area contributed by atoms with E-state index < -0.39 is 10.0 Å². The zero-order chi connectivity index (χ0) is 14.6. The largest absolute Gasteiger partial charge is 0.329 e. The Labute approximate surface area is 126 Å². The Morgan fingerprint density at radius 2 is 2.10 bits per heavy atom. The molecule has 0 aliphatic carbocycles. The molecule has 0 fully saturated rings. The highest BCUT2D eigenvalue weighted by Gasteiger charge is 2.16. The Morgan fingerprint density at radius 3 is 2.80 bits per heavy atom. The van der Waals surface area contributed by atoms with E-state index in [0.29, 0.717) is 13.1 Å². The second-order valence-corrected chi connectivity index (χ2v) is 6.77. The average Bonchev–Trinajstić information content (AvgIpc) is 2.88. The maximum Gasteiger partial charge on any atom is 0.243 e. The Balaban J connectivity index is 2.09. The van der Waals surface area contributed by atoms with Crippen LogP contribution < -0.4 is 10.5 Å². The fourth-order valence-corrected chi connectivity index (χ4v) is 3.02. The molecular formula is C12H15BrN4O2S. The minimum Gasteiger partial charge on any atom is -0.329 e. The van der Waals surface area contributed by atoms with Gasteiger partial charge in [-0.2, -0.15) is 5.10 Å². The van der Waals surface area contributed by atoms with E-state index in [1.807, 2.05) is 24.3 Å². The van der Waals surface area contributed by atoms with Crippen LogP contribution in [0.1, 0.15) is 5.56 Å². The van der Waals surface area contributed by atoms with Crippen LogP contribution in [-0.4, -0.2) is 24.7 Å². The van der Waals surface area contributed by atoms with E-state index in [9.17, 15) is 8.42 Å². The van der Waals surface area contributed by atoms with Gasteiger partial charge in [0, 0.05) is 23.8 Å². The van der Waals surface area contributed by atoms with Crippen molar-refractivity contribution in [2.24, 2.45) is 5.73 Å². The van der Waals surface area contributed by atoms with Crippen molar-refractivity contribution in [1.82, 2.24) is 14.5 Å². The molecule has 20 heavy (non-hydrogen) atoms. The topological polar surface area (TPSA) is 90.0 Å². The quantitative estimate of drug-likeness (QED) is 0.808. The van der Waals surface area contributed by atoms with Crippen molar-refractivity contribution in [3.05, 3.63) is 46.7 Å². The lowest BCUT2D eigenvalue weighted by Gasteiger charge is -2.06. The fourth-order valence-electron chi connectivity index (χ4n) is 1.64. The number of sulfonamides is 1. The molecule has 0 aliphatic heterocycles. The monoisotopic (exact) mass is 358 g/mol. The molecule has 108 valence electrons. The van der Waals surface area contributed by atoms with E-state index in [2.05, 4.69) is 25.8 Å². The SMILES string of the molecule is NCCn1cc(S(=O)(=O)NCc2ccccc2Br)cn1. The lowest BCUT2D eigenvalue weighted by Crippen LogP contribution is -2.23. The Morgan fingerprint density at radius 1 is 1.35 bits per heavy atom. The molecule has 0 aliphatic rings. The number of aromatic nitrogens is 2. The standard InChI is InChI=1S/C12H15BrN4O2S/c13-12-4-2-1-3-10(12)7-16-20(18,19)11-8-15-17(9-11)6-5-14/h1-4,8-9,16H,5-7,14H2. The third kappa shape index (κ3) is 3.66. The van der Waals surface area contributed by atoms with Gasteiger partial charge in [0.2, 0.25) is 10.0 Å². The molecule has 0 bridgehead atoms. The van der Waals surface area contributed by atoms with Crippen LogP contribution in [0.2, 0.25) is 0 Å². The predicted molar refractivity (Wildman–Crippen MR) is 79.4 cm³/mol. The molecule has 1 aromatic carbocycles. The van der Waals surface area contributed by atoms with Crippen molar-refractivity contribution in [2.75, 3.05) is 6.54 Å². The molecule has 1 heterocycles. The van der Waals surface area contributed by atoms with Gasteiger partial charge in [-0.05, 0) is 11.6 Å². The van der Waals surface area contributed by atoms with Crippen molar-refractivity contribution in [3.8, 4) is 0 Å². The summed E-state index contributed by atoms with van der Waals surface area (Å²) in [6.07, 6.45) is 2.78. The van der Waals surface area contributed by atoms with E-state index in [-0.39, 0.29) is 11.4 Å². The van der Waals surface area contributed by atoms with Gasteiger partial charge >= 0.3 is 0 Å². The summed E-state index contributed by atoms with van der Waals surface area (Å²) in [6.45, 7) is 1.11. The lowest BCUT2D eigenvalue weighted by molar-refractivity contribution is 0.580. The van der Waals surface area contributed by atoms with Crippen molar-refractivity contribution < 1.29 is 8.42 Å². The van der Waals surface area contributed by atoms with Crippen molar-refractivity contribution in [2.45, 2.75) is 18.0 Å². The van der Waals surface area contributed by atoms with E-state index in [4.69, 9.17) is 5.73 Å². The van der Waals surface area contributed by atoms with Crippen LogP contribution in [-0.2, 0) is 23.1 Å². The highest BCUT2D eigenvalue weighted by atomic mass is 79.9. The van der Waals surface area contributed by atoms with Crippen molar-refractivity contribution in [3.63, 3.8) is 0 Å². The number of hydrogen-bond acceptors (Lipinski definition) is 4. The summed E-state index contributed by atoms with van der Waals surface area (Å²) in [6, 6.07) is 7.44. The summed E-state index contributed by atoms with van der Waals surface area (Å²) < 4.78 is 29.2. The number of rotatable bonds is 6. The first-order chi connectivity index (χ1) is 9.53. The highest BCUT2D eigenvalue weighted by molar-refractivity contribution is 9.10. The number of nitrogens with two attached hydrogens (primary N) is 1. The highest BCUT2D eigenvalue weighted by Crippen LogP contribution is 2.16. The lowest BCUT2D eigenvalue weighted by atomic mass is 10.2. The van der Waals surface area contributed by atoms with Gasteiger partial charge in [0.15, 0.2) is 0 Å². The molecule has 0 amide bonds. The van der Waals surface area contributed by atoms with Gasteiger partial charge in [0.1, 0.15) is 4.90 Å². The Hall–Kier alpha value is -1.22. The average molecular weight is 359 g/mol. The van der Waals surface area contributed by atoms with Crippen LogP contribution in [0.5, 0.6) is 0 Å². The maximum atomic E-state index is 12.1. The second-order valence-electron chi connectivity index (χ2n) is 4.14. The van der Waals surface area contributed by atoms with Gasteiger partial charge in [-0.15, -0.1) is 0 Å². The molecule has 0 unspecified atom stereocenters. The normalized spacial score (nSPS) is 11.7. The molecule has 2 aromatic rings. The summed E-state index contributed by atoms with van der Waals surface area (Å²) in [5, 5.41) is 3.95. The van der Waals surface area contributed by atoms with Gasteiger partial charge in [0.25, 0.3) is 0 Å². The van der Waals surface area contributed by atoms with E-state index in [1.54, 1.807) is 0 Å². The smallest absolute Gasteiger partial charge is 0.243 e. The molecule has 0 saturated carbocycles. The maximum absolute atomic E-state index is 12.1. The summed E-state index contributed by atoms with van der Waals surface area (Å²) in [5.74, 6) is 0. The zero-order valence-electron chi connectivity index (χ0n) is 10.7. The summed E-state index contributed by atoms with van der Waals surface area (Å²) >= 11 is 3.38. The Bertz CT molecular complexity index is 684. The molecule has 3 N–H and O–H groups in total. The third-order valence-electron chi connectivity index (χ3n) is 2.69. The number of nitrogens with one attached hydrogen (secondary N) is 1. The van der Waals surface area contributed by atoms with Crippen LogP contribution in [0.3, 0.4) is 0 Å². The first-order valence-corrected chi connectivity index (χ1v) is 8.26. The van der Waals surface area contributed by atoms with Gasteiger partial charge in [-0.25, -0.2) is 13.1 Å². The summed E-state index contributed by atoms with van der Waals surface area (Å²) in [4.78, 5) is 0.137. The van der Waals surface area contributed by atoms with Crippen LogP contribution in [0.15, 0.2) is 46.0 Å². The van der Waals surface area contributed by atoms with Crippen LogP contribution in [0, 0.1) is 0 Å². The predicted octanol–water partition coefficient (Wildman–Crippen LogP) is 1.08. The number of benzene rings is 1. The zero-order valence-corrected chi connectivity index (χ0v) is 13.1. The number of nitrogens with zero attached hydrogens (tertiary/aromatic N) is 2. The van der Waals surface area contributed by atoms with Gasteiger partial charge < -0.3 is 5.73 Å². The molecule has 6 nitrogen and oxygen atoms in total. The fraction of sp³-hybridized carbons (Fsp3) is 0.250. The second kappa shape index (κ2) is 6.49. The van der Waals surface area contributed by atoms with Crippen molar-refractivity contribution in [1.29, 1.82) is 0 Å². The third-order valence-corrected chi connectivity index (χ3v) is 4.82. The Kier molecular flexibility index (Phi) is 4.92. The van der Waals surface area contributed by atoms with E-state index >= 15 is 0 Å². The van der Waals surface area contributed by atoms with E-state index in [1.165, 1.54) is 17.1 Å². The van der Waals surface area contributed by atoms with Gasteiger partial charge in [0.05, 0.1) is 12.7 Å². The first kappa shape index (κ1) is 15.2.